The van der Waals surface area contributed by atoms with Gasteiger partial charge in [-0.15, -0.1) is 0 Å². The monoisotopic (exact) mass is 1060 g/mol. The highest BCUT2D eigenvalue weighted by Gasteiger charge is 2.36. The molecule has 0 aliphatic carbocycles. The maximum absolute atomic E-state index is 15.3. The van der Waals surface area contributed by atoms with Gasteiger partial charge in [0, 0.05) is 67.4 Å². The lowest BCUT2D eigenvalue weighted by molar-refractivity contribution is -0.142. The lowest BCUT2D eigenvalue weighted by atomic mass is 9.88. The summed E-state index contributed by atoms with van der Waals surface area (Å²) in [7, 11) is 1.55. The number of Topliss-reactive ketones (excluding diaryl/α,β-unsaturated/α-hetero) is 2. The molecule has 15 heteroatoms. The Morgan fingerprint density at radius 3 is 1.96 bits per heavy atom. The topological polar surface area (TPSA) is 202 Å². The summed E-state index contributed by atoms with van der Waals surface area (Å²) in [5.74, 6) is -2.32. The number of likely N-dealkylation sites (N-methyl/N-ethyl adjacent to an activating group) is 1. The number of benzene rings is 4. The van der Waals surface area contributed by atoms with Crippen molar-refractivity contribution in [2.45, 2.75) is 156 Å². The Labute approximate surface area is 456 Å². The van der Waals surface area contributed by atoms with E-state index in [1.165, 1.54) is 10.5 Å². The van der Waals surface area contributed by atoms with Crippen molar-refractivity contribution in [1.82, 2.24) is 20.9 Å². The lowest BCUT2D eigenvalue weighted by Crippen LogP contribution is -2.43. The quantitative estimate of drug-likeness (QED) is 0.0499. The summed E-state index contributed by atoms with van der Waals surface area (Å²) in [4.78, 5) is 85.2. The summed E-state index contributed by atoms with van der Waals surface area (Å²) in [6.07, 6.45) is 3.73. The van der Waals surface area contributed by atoms with E-state index in [1.807, 2.05) is 43.3 Å². The summed E-state index contributed by atoms with van der Waals surface area (Å²) in [5, 5.41) is 18.2. The van der Waals surface area contributed by atoms with Crippen LogP contribution in [0.5, 0.6) is 11.5 Å². The zero-order valence-electron chi connectivity index (χ0n) is 47.0. The number of aryl methyl sites for hydroxylation is 1. The van der Waals surface area contributed by atoms with Crippen LogP contribution in [0.25, 0.3) is 22.3 Å². The van der Waals surface area contributed by atoms with Crippen LogP contribution in [-0.4, -0.2) is 91.1 Å². The number of nitrogens with one attached hydrogen (secondary N) is 3. The van der Waals surface area contributed by atoms with Crippen LogP contribution in [0.15, 0.2) is 84.9 Å². The van der Waals surface area contributed by atoms with E-state index in [0.717, 1.165) is 36.0 Å². The van der Waals surface area contributed by atoms with Crippen molar-refractivity contribution in [3.63, 3.8) is 0 Å². The largest absolute Gasteiger partial charge is 0.493 e. The molecule has 15 nitrogen and oxygen atoms in total. The lowest BCUT2D eigenvalue weighted by Gasteiger charge is -2.32. The number of carbonyl (C=O) groups is 6. The number of nitrogens with zero attached hydrogens (tertiary/aromatic N) is 2. The summed E-state index contributed by atoms with van der Waals surface area (Å²) >= 11 is 0. The van der Waals surface area contributed by atoms with E-state index in [0.29, 0.717) is 66.0 Å². The van der Waals surface area contributed by atoms with Crippen molar-refractivity contribution >= 4 is 35.6 Å². The standard InChI is InChI=1S/C62H81N5O10/c1-11-13-16-42-19-22-44(23-20-42)45-24-26-46(27-25-45)52(68)40-48(17-15-32-64-59(72)76-61(4,5)6)58(71)67(10)56-47-28-30-55(74-34-12-2)51(39-47)50-38-43(21-29-54(50)75-35-33-65-60(73)77-62(7,8)9)37-49(18-14-31-63)66-57(70)41(3)36-53(56)69/h19-30,38-39,41,48-49,56H,11-18,32-37,40H2,1-10H3,(H,64,72)(H,65,73)(H,66,70)/t41-,48-,49-,56+/m1/s1. The Kier molecular flexibility index (Phi) is 22.7. The van der Waals surface area contributed by atoms with Crippen LogP contribution in [0.3, 0.4) is 0 Å². The number of alkyl carbamates (subject to hydrolysis) is 2. The molecule has 0 aromatic heterocycles. The predicted molar refractivity (Wildman–Crippen MR) is 299 cm³/mol. The number of amides is 4. The molecule has 3 N–H and O–H groups in total. The van der Waals surface area contributed by atoms with Crippen molar-refractivity contribution in [3.05, 3.63) is 107 Å². The van der Waals surface area contributed by atoms with Gasteiger partial charge in [0.15, 0.2) is 11.6 Å². The molecule has 4 aromatic carbocycles. The first-order valence-electron chi connectivity index (χ1n) is 27.2. The number of fused-ring (bicyclic) bond motifs is 5. The fourth-order valence-electron chi connectivity index (χ4n) is 9.17. The third-order valence-electron chi connectivity index (χ3n) is 13.1. The van der Waals surface area contributed by atoms with Crippen LogP contribution in [-0.2, 0) is 36.7 Å². The van der Waals surface area contributed by atoms with E-state index in [-0.39, 0.29) is 57.1 Å². The smallest absolute Gasteiger partial charge is 0.407 e. The fourth-order valence-corrected chi connectivity index (χ4v) is 9.17. The number of hydrogen-bond acceptors (Lipinski definition) is 11. The molecule has 0 spiro atoms. The third-order valence-corrected chi connectivity index (χ3v) is 13.1. The molecule has 0 fully saturated rings. The minimum Gasteiger partial charge on any atom is -0.493 e. The molecule has 4 amide bonds. The Balaban J connectivity index is 1.56. The van der Waals surface area contributed by atoms with Crippen molar-refractivity contribution < 1.29 is 47.7 Å². The Hall–Kier alpha value is -7.21. The predicted octanol–water partition coefficient (Wildman–Crippen LogP) is 11.7. The van der Waals surface area contributed by atoms with E-state index in [4.69, 9.17) is 18.9 Å². The molecule has 414 valence electrons. The highest BCUT2D eigenvalue weighted by atomic mass is 16.6. The molecular formula is C62H81N5O10. The Morgan fingerprint density at radius 2 is 1.35 bits per heavy atom. The molecule has 0 radical (unpaired) electrons. The summed E-state index contributed by atoms with van der Waals surface area (Å²) < 4.78 is 23.6. The van der Waals surface area contributed by atoms with E-state index >= 15 is 9.59 Å². The van der Waals surface area contributed by atoms with Gasteiger partial charge in [-0.05, 0) is 139 Å². The van der Waals surface area contributed by atoms with Gasteiger partial charge in [-0.1, -0.05) is 87.9 Å². The molecule has 1 heterocycles. The number of nitriles is 1. The van der Waals surface area contributed by atoms with Crippen molar-refractivity contribution in [2.75, 3.05) is 33.4 Å². The van der Waals surface area contributed by atoms with E-state index < -0.39 is 59.0 Å². The number of carbonyl (C=O) groups excluding carboxylic acids is 6. The molecule has 0 saturated heterocycles. The van der Waals surface area contributed by atoms with E-state index in [9.17, 15) is 24.4 Å². The van der Waals surface area contributed by atoms with Crippen LogP contribution >= 0.6 is 0 Å². The van der Waals surface area contributed by atoms with Gasteiger partial charge in [0.2, 0.25) is 11.8 Å². The van der Waals surface area contributed by atoms with Crippen LogP contribution in [0.4, 0.5) is 9.59 Å². The molecule has 0 unspecified atom stereocenters. The minimum absolute atomic E-state index is 0.0675. The first kappa shape index (κ1) is 60.7. The summed E-state index contributed by atoms with van der Waals surface area (Å²) in [6.45, 7) is 17.2. The van der Waals surface area contributed by atoms with Gasteiger partial charge in [0.25, 0.3) is 0 Å². The molecule has 4 atom stereocenters. The molecule has 1 aliphatic rings. The van der Waals surface area contributed by atoms with Gasteiger partial charge in [-0.2, -0.15) is 5.26 Å². The van der Waals surface area contributed by atoms with Gasteiger partial charge < -0.3 is 39.8 Å². The number of unbranched alkanes of at least 4 members (excludes halogenated alkanes) is 1. The van der Waals surface area contributed by atoms with E-state index in [2.05, 4.69) is 53.2 Å². The maximum atomic E-state index is 15.3. The zero-order chi connectivity index (χ0) is 56.3. The van der Waals surface area contributed by atoms with Crippen LogP contribution in [0, 0.1) is 23.2 Å². The highest BCUT2D eigenvalue weighted by Crippen LogP contribution is 2.41. The molecule has 1 aliphatic heterocycles. The van der Waals surface area contributed by atoms with E-state index in [1.54, 1.807) is 79.8 Å². The molecule has 5 rings (SSSR count). The number of ether oxygens (including phenoxy) is 4. The van der Waals surface area contributed by atoms with Crippen molar-refractivity contribution in [2.24, 2.45) is 11.8 Å². The SMILES string of the molecule is CCCCc1ccc(-c2ccc(C(=O)C[C@@H](CCCNC(=O)OC(C)(C)C)C(=O)N(C)[C@@H]3C(=O)C[C@@H](C)C(=O)N[C@H](CCC#N)Cc4ccc(OCCNC(=O)OC(C)(C)C)c(c4)-c4cc3ccc4OCCC)cc2)cc1. The van der Waals surface area contributed by atoms with Crippen molar-refractivity contribution in [1.29, 1.82) is 5.26 Å². The normalized spacial score (nSPS) is 16.1. The van der Waals surface area contributed by atoms with Gasteiger partial charge >= 0.3 is 12.2 Å². The first-order valence-corrected chi connectivity index (χ1v) is 27.2. The second-order valence-corrected chi connectivity index (χ2v) is 22.0. The van der Waals surface area contributed by atoms with Crippen LogP contribution in [0.2, 0.25) is 0 Å². The van der Waals surface area contributed by atoms with Gasteiger partial charge in [-0.3, -0.25) is 19.2 Å². The molecule has 4 bridgehead atoms. The fraction of sp³-hybridized carbons (Fsp3) is 0.500. The minimum atomic E-state index is -1.23. The number of ketones is 2. The summed E-state index contributed by atoms with van der Waals surface area (Å²) in [6, 6.07) is 27.2. The molecule has 4 aromatic rings. The van der Waals surface area contributed by atoms with Crippen LogP contribution < -0.4 is 25.4 Å². The second-order valence-electron chi connectivity index (χ2n) is 22.0. The van der Waals surface area contributed by atoms with Gasteiger partial charge in [-0.25, -0.2) is 9.59 Å². The third kappa shape index (κ3) is 19.1. The zero-order valence-corrected chi connectivity index (χ0v) is 47.0. The molecular weight excluding hydrogens is 975 g/mol. The number of hydrogen-bond donors (Lipinski definition) is 3. The average Bonchev–Trinajstić information content (AvgIpc) is 3.37. The Bertz CT molecular complexity index is 2680. The van der Waals surface area contributed by atoms with Crippen LogP contribution in [0.1, 0.15) is 153 Å². The number of rotatable bonds is 22. The highest BCUT2D eigenvalue weighted by molar-refractivity contribution is 6.00. The Morgan fingerprint density at radius 1 is 0.753 bits per heavy atom. The van der Waals surface area contributed by atoms with Gasteiger partial charge in [0.1, 0.15) is 35.3 Å². The average molecular weight is 1060 g/mol. The summed E-state index contributed by atoms with van der Waals surface area (Å²) in [5.41, 5.74) is 4.69. The second kappa shape index (κ2) is 28.8. The first-order chi connectivity index (χ1) is 36.6. The van der Waals surface area contributed by atoms with Crippen molar-refractivity contribution in [3.8, 4) is 39.8 Å². The molecule has 0 saturated carbocycles. The molecule has 77 heavy (non-hydrogen) atoms. The van der Waals surface area contributed by atoms with Gasteiger partial charge in [0.05, 0.1) is 19.2 Å². The maximum Gasteiger partial charge on any atom is 0.407 e.